The van der Waals surface area contributed by atoms with Gasteiger partial charge in [0.1, 0.15) is 6.10 Å². The Balaban J connectivity index is 1.59. The van der Waals surface area contributed by atoms with Crippen molar-refractivity contribution in [2.24, 2.45) is 0 Å². The topological polar surface area (TPSA) is 71.0 Å². The molecule has 8 nitrogen and oxygen atoms in total. The lowest BCUT2D eigenvalue weighted by atomic mass is 10.1. The number of ether oxygens (including phenoxy) is 2. The molecule has 24 heavy (non-hydrogen) atoms. The molecule has 1 aromatic rings. The van der Waals surface area contributed by atoms with Crippen LogP contribution < -0.4 is 9.47 Å². The molecule has 2 fully saturated rings. The molecule has 2 aliphatic rings. The predicted molar refractivity (Wildman–Crippen MR) is 88.3 cm³/mol. The van der Waals surface area contributed by atoms with Crippen LogP contribution in [0.2, 0.25) is 0 Å². The quantitative estimate of drug-likeness (QED) is 0.810. The maximum absolute atomic E-state index is 12.7. The zero-order valence-electron chi connectivity index (χ0n) is 14.3. The Morgan fingerprint density at radius 1 is 1.08 bits per heavy atom. The highest BCUT2D eigenvalue weighted by molar-refractivity contribution is 5.74. The predicted octanol–water partition coefficient (Wildman–Crippen LogP) is 0.696. The van der Waals surface area contributed by atoms with Gasteiger partial charge >= 0.3 is 6.03 Å². The summed E-state index contributed by atoms with van der Waals surface area (Å²) in [5.41, 5.74) is 0. The Bertz CT molecular complexity index is 562. The van der Waals surface area contributed by atoms with Gasteiger partial charge in [-0.05, 0) is 19.9 Å². The van der Waals surface area contributed by atoms with Crippen LogP contribution >= 0.6 is 0 Å². The summed E-state index contributed by atoms with van der Waals surface area (Å²) in [6.07, 6.45) is 4.88. The number of likely N-dealkylation sites (N-methyl/N-ethyl adjacent to an activating group) is 1. The largest absolute Gasteiger partial charge is 0.477 e. The summed E-state index contributed by atoms with van der Waals surface area (Å²) in [6.45, 7) is 4.78. The molecular formula is C16H25N5O3. The van der Waals surface area contributed by atoms with Gasteiger partial charge < -0.3 is 24.2 Å². The van der Waals surface area contributed by atoms with Gasteiger partial charge in [-0.3, -0.25) is 0 Å². The molecule has 0 aliphatic carbocycles. The Hall–Kier alpha value is -2.09. The van der Waals surface area contributed by atoms with Gasteiger partial charge in [0.25, 0.3) is 11.8 Å². The summed E-state index contributed by atoms with van der Waals surface area (Å²) in [4.78, 5) is 27.1. The summed E-state index contributed by atoms with van der Waals surface area (Å²) in [6, 6.07) is 0.113. The molecule has 8 heteroatoms. The lowest BCUT2D eigenvalue weighted by molar-refractivity contribution is 0.0712. The van der Waals surface area contributed by atoms with Crippen LogP contribution in [0.3, 0.4) is 0 Å². The first-order valence-electron chi connectivity index (χ1n) is 8.41. The van der Waals surface area contributed by atoms with Crippen LogP contribution in [0.1, 0.15) is 12.8 Å². The van der Waals surface area contributed by atoms with E-state index in [0.717, 1.165) is 45.6 Å². The molecule has 2 amide bonds. The van der Waals surface area contributed by atoms with Crippen molar-refractivity contribution in [3.05, 3.63) is 12.4 Å². The minimum Gasteiger partial charge on any atom is -0.477 e. The van der Waals surface area contributed by atoms with E-state index in [2.05, 4.69) is 21.9 Å². The first-order valence-corrected chi connectivity index (χ1v) is 8.41. The van der Waals surface area contributed by atoms with Gasteiger partial charge in [-0.25, -0.2) is 14.8 Å². The van der Waals surface area contributed by atoms with E-state index in [-0.39, 0.29) is 12.1 Å². The molecule has 3 rings (SSSR count). The molecular weight excluding hydrogens is 310 g/mol. The lowest BCUT2D eigenvalue weighted by Crippen LogP contribution is -2.54. The lowest BCUT2D eigenvalue weighted by Gasteiger charge is -2.39. The maximum Gasteiger partial charge on any atom is 0.320 e. The fourth-order valence-corrected chi connectivity index (χ4v) is 3.10. The number of amides is 2. The SMILES string of the molecule is COc1nccnc1O[C@H]1CCCN(C(=O)N2CCN(C)CC2)C1. The summed E-state index contributed by atoms with van der Waals surface area (Å²) < 4.78 is 11.1. The first kappa shape index (κ1) is 16.8. The smallest absolute Gasteiger partial charge is 0.320 e. The summed E-state index contributed by atoms with van der Waals surface area (Å²) in [5, 5.41) is 0. The molecule has 0 N–H and O–H groups in total. The van der Waals surface area contributed by atoms with Crippen LogP contribution in [0.4, 0.5) is 4.79 Å². The van der Waals surface area contributed by atoms with Crippen molar-refractivity contribution in [2.45, 2.75) is 18.9 Å². The van der Waals surface area contributed by atoms with E-state index >= 15 is 0 Å². The van der Waals surface area contributed by atoms with Crippen LogP contribution in [0.25, 0.3) is 0 Å². The summed E-state index contributed by atoms with van der Waals surface area (Å²) in [7, 11) is 3.63. The van der Waals surface area contributed by atoms with Gasteiger partial charge in [-0.1, -0.05) is 0 Å². The van der Waals surface area contributed by atoms with E-state index in [0.29, 0.717) is 18.3 Å². The Morgan fingerprint density at radius 2 is 1.79 bits per heavy atom. The van der Waals surface area contributed by atoms with Crippen LogP contribution in [0.5, 0.6) is 11.8 Å². The first-order chi connectivity index (χ1) is 11.7. The number of carbonyl (C=O) groups is 1. The molecule has 2 aliphatic heterocycles. The van der Waals surface area contributed by atoms with Crippen LogP contribution in [0.15, 0.2) is 12.4 Å². The molecule has 1 atom stereocenters. The number of carbonyl (C=O) groups excluding carboxylic acids is 1. The van der Waals surface area contributed by atoms with Crippen molar-refractivity contribution in [3.63, 3.8) is 0 Å². The van der Waals surface area contributed by atoms with Crippen LogP contribution in [0, 0.1) is 0 Å². The third-order valence-electron chi connectivity index (χ3n) is 4.53. The Labute approximate surface area is 142 Å². The summed E-state index contributed by atoms with van der Waals surface area (Å²) >= 11 is 0. The van der Waals surface area contributed by atoms with Crippen LogP contribution in [-0.2, 0) is 0 Å². The zero-order chi connectivity index (χ0) is 16.9. The number of rotatable bonds is 3. The molecule has 0 unspecified atom stereocenters. The molecule has 2 saturated heterocycles. The fraction of sp³-hybridized carbons (Fsp3) is 0.688. The van der Waals surface area contributed by atoms with E-state index < -0.39 is 0 Å². The van der Waals surface area contributed by atoms with Crippen molar-refractivity contribution in [1.82, 2.24) is 24.7 Å². The molecule has 0 spiro atoms. The third-order valence-corrected chi connectivity index (χ3v) is 4.53. The van der Waals surface area contributed by atoms with E-state index in [1.54, 1.807) is 19.5 Å². The van der Waals surface area contributed by atoms with Crippen LogP contribution in [-0.4, -0.2) is 90.2 Å². The molecule has 0 saturated carbocycles. The van der Waals surface area contributed by atoms with Gasteiger partial charge in [0, 0.05) is 45.1 Å². The average molecular weight is 335 g/mol. The standard InChI is InChI=1S/C16H25N5O3/c1-19-8-10-20(11-9-19)16(22)21-7-3-4-13(12-21)24-15-14(23-2)17-5-6-18-15/h5-6,13H,3-4,7-12H2,1-2H3/t13-/m0/s1. The minimum absolute atomic E-state index is 0.0826. The number of likely N-dealkylation sites (tertiary alicyclic amines) is 1. The number of aromatic nitrogens is 2. The number of piperazine rings is 1. The number of methoxy groups -OCH3 is 1. The highest BCUT2D eigenvalue weighted by Gasteiger charge is 2.30. The number of hydrogen-bond donors (Lipinski definition) is 0. The van der Waals surface area contributed by atoms with E-state index in [9.17, 15) is 4.79 Å². The van der Waals surface area contributed by atoms with Gasteiger partial charge in [0.05, 0.1) is 13.7 Å². The summed E-state index contributed by atoms with van der Waals surface area (Å²) in [5.74, 6) is 0.763. The minimum atomic E-state index is -0.0826. The maximum atomic E-state index is 12.7. The number of nitrogens with zero attached hydrogens (tertiary/aromatic N) is 5. The Morgan fingerprint density at radius 3 is 2.50 bits per heavy atom. The van der Waals surface area contributed by atoms with Gasteiger partial charge in [-0.2, -0.15) is 0 Å². The normalized spacial score (nSPS) is 22.3. The van der Waals surface area contributed by atoms with Crippen molar-refractivity contribution in [1.29, 1.82) is 0 Å². The molecule has 132 valence electrons. The van der Waals surface area contributed by atoms with Crippen molar-refractivity contribution >= 4 is 6.03 Å². The van der Waals surface area contributed by atoms with Gasteiger partial charge in [0.15, 0.2) is 0 Å². The van der Waals surface area contributed by atoms with Gasteiger partial charge in [-0.15, -0.1) is 0 Å². The monoisotopic (exact) mass is 335 g/mol. The average Bonchev–Trinajstić information content (AvgIpc) is 2.62. The molecule has 0 bridgehead atoms. The third kappa shape index (κ3) is 3.87. The second-order valence-corrected chi connectivity index (χ2v) is 6.27. The van der Waals surface area contributed by atoms with E-state index in [1.165, 1.54) is 0 Å². The molecule has 0 aromatic carbocycles. The second-order valence-electron chi connectivity index (χ2n) is 6.27. The van der Waals surface area contributed by atoms with E-state index in [4.69, 9.17) is 9.47 Å². The van der Waals surface area contributed by atoms with Crippen molar-refractivity contribution in [2.75, 3.05) is 53.4 Å². The molecule has 3 heterocycles. The fourth-order valence-electron chi connectivity index (χ4n) is 3.10. The van der Waals surface area contributed by atoms with E-state index in [1.807, 2.05) is 9.80 Å². The highest BCUT2D eigenvalue weighted by Crippen LogP contribution is 2.24. The van der Waals surface area contributed by atoms with Gasteiger partial charge in [0.2, 0.25) is 0 Å². The number of piperidine rings is 1. The number of urea groups is 1. The second kappa shape index (κ2) is 7.65. The highest BCUT2D eigenvalue weighted by atomic mass is 16.5. The van der Waals surface area contributed by atoms with Crippen molar-refractivity contribution in [3.8, 4) is 11.8 Å². The molecule has 0 radical (unpaired) electrons. The van der Waals surface area contributed by atoms with Crippen molar-refractivity contribution < 1.29 is 14.3 Å². The number of hydrogen-bond acceptors (Lipinski definition) is 6. The Kier molecular flexibility index (Phi) is 5.34. The zero-order valence-corrected chi connectivity index (χ0v) is 14.3. The molecule has 1 aromatic heterocycles.